The molecule has 0 fully saturated rings. The lowest BCUT2D eigenvalue weighted by Crippen LogP contribution is -2.15. The van der Waals surface area contributed by atoms with Crippen LogP contribution in [0.1, 0.15) is 20.8 Å². The Kier molecular flexibility index (Phi) is 2.68. The summed E-state index contributed by atoms with van der Waals surface area (Å²) in [6.45, 7) is 6.01. The normalized spacial score (nSPS) is 16.9. The lowest BCUT2D eigenvalue weighted by Gasteiger charge is -2.01. The van der Waals surface area contributed by atoms with Crippen molar-refractivity contribution in [1.82, 2.24) is 0 Å². The standard InChI is InChI=1S/C6H13N/c1-4-5(2)6(3)7/h4,6H,7H2,1-3H3/b5-4-. The zero-order valence-corrected chi connectivity index (χ0v) is 5.23. The van der Waals surface area contributed by atoms with Gasteiger partial charge in [0.25, 0.3) is 0 Å². The van der Waals surface area contributed by atoms with Crippen molar-refractivity contribution >= 4 is 0 Å². The summed E-state index contributed by atoms with van der Waals surface area (Å²) in [6, 6.07) is 0.227. The van der Waals surface area contributed by atoms with Gasteiger partial charge in [0.05, 0.1) is 0 Å². The molecule has 0 bridgehead atoms. The first-order chi connectivity index (χ1) is 3.18. The molecule has 1 heteroatoms. The third-order valence-electron chi connectivity index (χ3n) is 1.17. The van der Waals surface area contributed by atoms with Crippen molar-refractivity contribution in [2.75, 3.05) is 0 Å². The molecule has 0 aromatic heterocycles. The molecule has 0 saturated heterocycles. The van der Waals surface area contributed by atoms with Gasteiger partial charge in [-0.25, -0.2) is 0 Å². The first-order valence-electron chi connectivity index (χ1n) is 2.57. The van der Waals surface area contributed by atoms with E-state index in [4.69, 9.17) is 5.73 Å². The Morgan fingerprint density at radius 2 is 2.14 bits per heavy atom. The van der Waals surface area contributed by atoms with Gasteiger partial charge in [0.15, 0.2) is 0 Å². The predicted octanol–water partition coefficient (Wildman–Crippen LogP) is 1.30. The third kappa shape index (κ3) is 2.40. The van der Waals surface area contributed by atoms with Gasteiger partial charge in [-0.15, -0.1) is 0 Å². The summed E-state index contributed by atoms with van der Waals surface area (Å²) in [5.41, 5.74) is 6.73. The van der Waals surface area contributed by atoms with Crippen molar-refractivity contribution in [3.8, 4) is 0 Å². The fourth-order valence-corrected chi connectivity index (χ4v) is 0.263. The number of hydrogen-bond donors (Lipinski definition) is 1. The first kappa shape index (κ1) is 6.70. The van der Waals surface area contributed by atoms with Gasteiger partial charge in [0, 0.05) is 6.04 Å². The number of allylic oxidation sites excluding steroid dienone is 1. The summed E-state index contributed by atoms with van der Waals surface area (Å²) < 4.78 is 0. The molecule has 2 N–H and O–H groups in total. The summed E-state index contributed by atoms with van der Waals surface area (Å²) >= 11 is 0. The van der Waals surface area contributed by atoms with Gasteiger partial charge >= 0.3 is 0 Å². The van der Waals surface area contributed by atoms with Crippen LogP contribution in [0.5, 0.6) is 0 Å². The summed E-state index contributed by atoms with van der Waals surface area (Å²) in [6.07, 6.45) is 2.03. The second-order valence-electron chi connectivity index (χ2n) is 1.82. The molecule has 0 rings (SSSR count). The van der Waals surface area contributed by atoms with Crippen LogP contribution in [0.3, 0.4) is 0 Å². The van der Waals surface area contributed by atoms with Crippen molar-refractivity contribution in [1.29, 1.82) is 0 Å². The highest BCUT2D eigenvalue weighted by Crippen LogP contribution is 1.94. The van der Waals surface area contributed by atoms with E-state index in [2.05, 4.69) is 0 Å². The highest BCUT2D eigenvalue weighted by Gasteiger charge is 1.90. The van der Waals surface area contributed by atoms with E-state index in [1.54, 1.807) is 0 Å². The molecule has 0 spiro atoms. The van der Waals surface area contributed by atoms with E-state index in [9.17, 15) is 0 Å². The van der Waals surface area contributed by atoms with Gasteiger partial charge in [-0.1, -0.05) is 11.6 Å². The van der Waals surface area contributed by atoms with Crippen molar-refractivity contribution in [3.05, 3.63) is 11.6 Å². The molecule has 7 heavy (non-hydrogen) atoms. The largest absolute Gasteiger partial charge is 0.324 e. The SMILES string of the molecule is C/C=C(/C)C(C)N. The first-order valence-corrected chi connectivity index (χ1v) is 2.57. The third-order valence-corrected chi connectivity index (χ3v) is 1.17. The Bertz CT molecular complexity index is 72.2. The van der Waals surface area contributed by atoms with Gasteiger partial charge < -0.3 is 5.73 Å². The van der Waals surface area contributed by atoms with E-state index in [0.29, 0.717) is 0 Å². The van der Waals surface area contributed by atoms with Crippen molar-refractivity contribution in [2.45, 2.75) is 26.8 Å². The molecule has 0 aliphatic heterocycles. The van der Waals surface area contributed by atoms with Gasteiger partial charge in [0.1, 0.15) is 0 Å². The van der Waals surface area contributed by atoms with Crippen LogP contribution < -0.4 is 5.73 Å². The Morgan fingerprint density at radius 3 is 2.14 bits per heavy atom. The van der Waals surface area contributed by atoms with Crippen LogP contribution in [0.15, 0.2) is 11.6 Å². The van der Waals surface area contributed by atoms with E-state index in [1.807, 2.05) is 26.8 Å². The van der Waals surface area contributed by atoms with Crippen molar-refractivity contribution in [3.63, 3.8) is 0 Å². The van der Waals surface area contributed by atoms with Gasteiger partial charge in [-0.3, -0.25) is 0 Å². The summed E-state index contributed by atoms with van der Waals surface area (Å²) in [5.74, 6) is 0. The minimum Gasteiger partial charge on any atom is -0.324 e. The minimum atomic E-state index is 0.227. The van der Waals surface area contributed by atoms with E-state index < -0.39 is 0 Å². The molecule has 1 atom stereocenters. The molecular formula is C6H13N. The molecule has 0 aromatic carbocycles. The van der Waals surface area contributed by atoms with E-state index in [0.717, 1.165) is 0 Å². The van der Waals surface area contributed by atoms with Gasteiger partial charge in [0.2, 0.25) is 0 Å². The van der Waals surface area contributed by atoms with Crippen LogP contribution in [-0.4, -0.2) is 6.04 Å². The molecular weight excluding hydrogens is 86.1 g/mol. The fraction of sp³-hybridized carbons (Fsp3) is 0.667. The van der Waals surface area contributed by atoms with Crippen molar-refractivity contribution < 1.29 is 0 Å². The molecule has 42 valence electrons. The van der Waals surface area contributed by atoms with Crippen LogP contribution in [0, 0.1) is 0 Å². The van der Waals surface area contributed by atoms with Gasteiger partial charge in [-0.2, -0.15) is 0 Å². The average Bonchev–Trinajstić information content (AvgIpc) is 1.65. The second kappa shape index (κ2) is 2.80. The molecule has 0 heterocycles. The van der Waals surface area contributed by atoms with E-state index in [-0.39, 0.29) is 6.04 Å². The second-order valence-corrected chi connectivity index (χ2v) is 1.82. The molecule has 0 radical (unpaired) electrons. The Balaban J connectivity index is 3.56. The smallest absolute Gasteiger partial charge is 0.0221 e. The van der Waals surface area contributed by atoms with Crippen LogP contribution in [0.25, 0.3) is 0 Å². The zero-order chi connectivity index (χ0) is 5.86. The van der Waals surface area contributed by atoms with Crippen LogP contribution in [0.4, 0.5) is 0 Å². The molecule has 0 aromatic rings. The summed E-state index contributed by atoms with van der Waals surface area (Å²) in [4.78, 5) is 0. The average molecular weight is 99.2 g/mol. The number of hydrogen-bond acceptors (Lipinski definition) is 1. The maximum Gasteiger partial charge on any atom is 0.0221 e. The number of rotatable bonds is 1. The van der Waals surface area contributed by atoms with Crippen LogP contribution >= 0.6 is 0 Å². The zero-order valence-electron chi connectivity index (χ0n) is 5.23. The minimum absolute atomic E-state index is 0.227. The quantitative estimate of drug-likeness (QED) is 0.493. The fourth-order valence-electron chi connectivity index (χ4n) is 0.263. The Hall–Kier alpha value is -0.300. The topological polar surface area (TPSA) is 26.0 Å². The highest BCUT2D eigenvalue weighted by molar-refractivity contribution is 5.02. The lowest BCUT2D eigenvalue weighted by molar-refractivity contribution is 0.858. The predicted molar refractivity (Wildman–Crippen MR) is 33.1 cm³/mol. The highest BCUT2D eigenvalue weighted by atomic mass is 14.6. The van der Waals surface area contributed by atoms with Crippen LogP contribution in [-0.2, 0) is 0 Å². The van der Waals surface area contributed by atoms with Crippen molar-refractivity contribution in [2.24, 2.45) is 5.73 Å². The summed E-state index contributed by atoms with van der Waals surface area (Å²) in [5, 5.41) is 0. The molecule has 0 amide bonds. The van der Waals surface area contributed by atoms with E-state index >= 15 is 0 Å². The monoisotopic (exact) mass is 99.1 g/mol. The molecule has 0 aliphatic carbocycles. The molecule has 1 nitrogen and oxygen atoms in total. The Morgan fingerprint density at radius 1 is 1.71 bits per heavy atom. The molecule has 0 saturated carbocycles. The number of nitrogens with two attached hydrogens (primary N) is 1. The maximum absolute atomic E-state index is 5.48. The van der Waals surface area contributed by atoms with Crippen LogP contribution in [0.2, 0.25) is 0 Å². The molecule has 1 unspecified atom stereocenters. The maximum atomic E-state index is 5.48. The molecule has 0 aliphatic rings. The Labute approximate surface area is 45.2 Å². The van der Waals surface area contributed by atoms with E-state index in [1.165, 1.54) is 5.57 Å². The lowest BCUT2D eigenvalue weighted by atomic mass is 10.2. The van der Waals surface area contributed by atoms with Gasteiger partial charge in [-0.05, 0) is 20.8 Å². The summed E-state index contributed by atoms with van der Waals surface area (Å²) in [7, 11) is 0.